The van der Waals surface area contributed by atoms with Gasteiger partial charge in [0.15, 0.2) is 0 Å². The highest BCUT2D eigenvalue weighted by atomic mass is 16.5. The molecule has 1 heterocycles. The van der Waals surface area contributed by atoms with Gasteiger partial charge in [0.2, 0.25) is 5.76 Å². The Morgan fingerprint density at radius 3 is 2.80 bits per heavy atom. The zero-order chi connectivity index (χ0) is 14.4. The minimum Gasteiger partial charge on any atom is -0.496 e. The molecule has 1 aromatic heterocycles. The van der Waals surface area contributed by atoms with E-state index in [1.54, 1.807) is 13.2 Å². The van der Waals surface area contributed by atoms with E-state index in [1.807, 2.05) is 6.07 Å². The van der Waals surface area contributed by atoms with Gasteiger partial charge < -0.3 is 14.3 Å². The lowest BCUT2D eigenvalue weighted by Gasteiger charge is -2.26. The zero-order valence-electron chi connectivity index (χ0n) is 11.9. The van der Waals surface area contributed by atoms with Crippen LogP contribution in [0.2, 0.25) is 0 Å². The smallest absolute Gasteiger partial charge is 0.372 e. The van der Waals surface area contributed by atoms with Crippen LogP contribution < -0.4 is 4.74 Å². The van der Waals surface area contributed by atoms with Gasteiger partial charge in [-0.15, -0.1) is 0 Å². The van der Waals surface area contributed by atoms with Gasteiger partial charge in [0.1, 0.15) is 11.3 Å². The number of carbonyl (C=O) groups is 1. The molecule has 2 aromatic rings. The number of hydrogen-bond donors (Lipinski definition) is 1. The standard InChI is InChI=1S/C16H18O4/c1-8(2)9-4-5-10-11(19-3)6-7-12-13(10)14(9)15(20-12)16(17)18/h6-9H,4-5H2,1-3H3,(H,17,18). The second-order valence-corrected chi connectivity index (χ2v) is 5.66. The topological polar surface area (TPSA) is 59.7 Å². The lowest BCUT2D eigenvalue weighted by Crippen LogP contribution is -2.16. The van der Waals surface area contributed by atoms with E-state index in [0.29, 0.717) is 11.5 Å². The van der Waals surface area contributed by atoms with Crippen LogP contribution in [-0.2, 0) is 6.42 Å². The van der Waals surface area contributed by atoms with Gasteiger partial charge in [-0.05, 0) is 36.8 Å². The van der Waals surface area contributed by atoms with Crippen molar-refractivity contribution in [2.75, 3.05) is 7.11 Å². The van der Waals surface area contributed by atoms with E-state index in [1.165, 1.54) is 0 Å². The number of methoxy groups -OCH3 is 1. The molecule has 0 saturated carbocycles. The molecule has 0 spiro atoms. The molecule has 4 nitrogen and oxygen atoms in total. The van der Waals surface area contributed by atoms with Crippen molar-refractivity contribution in [2.45, 2.75) is 32.6 Å². The zero-order valence-corrected chi connectivity index (χ0v) is 11.9. The monoisotopic (exact) mass is 274 g/mol. The molecule has 1 aliphatic rings. The maximum absolute atomic E-state index is 11.5. The fraction of sp³-hybridized carbons (Fsp3) is 0.438. The van der Waals surface area contributed by atoms with Gasteiger partial charge >= 0.3 is 5.97 Å². The Balaban J connectivity index is 2.37. The lowest BCUT2D eigenvalue weighted by molar-refractivity contribution is 0.0662. The number of ether oxygens (including phenoxy) is 1. The number of aromatic carboxylic acids is 1. The Kier molecular flexibility index (Phi) is 2.96. The minimum atomic E-state index is -0.992. The van der Waals surface area contributed by atoms with Crippen LogP contribution in [0.25, 0.3) is 11.0 Å². The molecule has 0 radical (unpaired) electrons. The number of aryl methyl sites for hydroxylation is 1. The predicted octanol–water partition coefficient (Wildman–Crippen LogP) is 3.83. The first kappa shape index (κ1) is 13.0. The van der Waals surface area contributed by atoms with Crippen LogP contribution in [0.3, 0.4) is 0 Å². The fourth-order valence-corrected chi connectivity index (χ4v) is 3.33. The average Bonchev–Trinajstić information content (AvgIpc) is 2.80. The van der Waals surface area contributed by atoms with Crippen LogP contribution in [0.1, 0.15) is 47.9 Å². The summed E-state index contributed by atoms with van der Waals surface area (Å²) < 4.78 is 11.0. The first-order valence-corrected chi connectivity index (χ1v) is 6.90. The third-order valence-corrected chi connectivity index (χ3v) is 4.25. The molecule has 0 aliphatic heterocycles. The van der Waals surface area contributed by atoms with Crippen molar-refractivity contribution >= 4 is 16.9 Å². The van der Waals surface area contributed by atoms with Gasteiger partial charge in [-0.3, -0.25) is 0 Å². The van der Waals surface area contributed by atoms with Crippen molar-refractivity contribution in [2.24, 2.45) is 5.92 Å². The molecular weight excluding hydrogens is 256 g/mol. The summed E-state index contributed by atoms with van der Waals surface area (Å²) in [6.07, 6.45) is 1.83. The Morgan fingerprint density at radius 1 is 1.45 bits per heavy atom. The van der Waals surface area contributed by atoms with Gasteiger partial charge in [-0.25, -0.2) is 4.79 Å². The van der Waals surface area contributed by atoms with Gasteiger partial charge in [-0.2, -0.15) is 0 Å². The van der Waals surface area contributed by atoms with Crippen LogP contribution in [0.5, 0.6) is 5.75 Å². The summed E-state index contributed by atoms with van der Waals surface area (Å²) in [5, 5.41) is 10.4. The molecule has 0 saturated heterocycles. The molecule has 4 heteroatoms. The number of benzene rings is 1. The normalized spacial score (nSPS) is 17.7. The molecule has 0 bridgehead atoms. The van der Waals surface area contributed by atoms with Crippen LogP contribution in [-0.4, -0.2) is 18.2 Å². The fourth-order valence-electron chi connectivity index (χ4n) is 3.33. The summed E-state index contributed by atoms with van der Waals surface area (Å²) in [6.45, 7) is 4.25. The summed E-state index contributed by atoms with van der Waals surface area (Å²) in [7, 11) is 1.64. The van der Waals surface area contributed by atoms with E-state index in [-0.39, 0.29) is 11.7 Å². The summed E-state index contributed by atoms with van der Waals surface area (Å²) in [4.78, 5) is 11.5. The summed E-state index contributed by atoms with van der Waals surface area (Å²) in [6, 6.07) is 3.66. The number of furan rings is 1. The van der Waals surface area contributed by atoms with Crippen molar-refractivity contribution in [3.8, 4) is 5.75 Å². The van der Waals surface area contributed by atoms with Crippen molar-refractivity contribution in [3.63, 3.8) is 0 Å². The number of carboxylic acid groups (broad SMARTS) is 1. The van der Waals surface area contributed by atoms with E-state index in [4.69, 9.17) is 9.15 Å². The average molecular weight is 274 g/mol. The molecule has 1 N–H and O–H groups in total. The number of rotatable bonds is 3. The summed E-state index contributed by atoms with van der Waals surface area (Å²) >= 11 is 0. The van der Waals surface area contributed by atoms with Crippen molar-refractivity contribution in [1.29, 1.82) is 0 Å². The molecule has 1 aromatic carbocycles. The molecule has 1 unspecified atom stereocenters. The van der Waals surface area contributed by atoms with Gasteiger partial charge in [0.05, 0.1) is 7.11 Å². The third-order valence-electron chi connectivity index (χ3n) is 4.25. The first-order chi connectivity index (χ1) is 9.54. The van der Waals surface area contributed by atoms with Crippen molar-refractivity contribution < 1.29 is 19.1 Å². The highest BCUT2D eigenvalue weighted by molar-refractivity contribution is 5.98. The maximum atomic E-state index is 11.5. The van der Waals surface area contributed by atoms with Crippen LogP contribution in [0.15, 0.2) is 16.5 Å². The predicted molar refractivity (Wildman–Crippen MR) is 75.6 cm³/mol. The Morgan fingerprint density at radius 2 is 2.20 bits per heavy atom. The van der Waals surface area contributed by atoms with E-state index < -0.39 is 5.97 Å². The number of carboxylic acids is 1. The van der Waals surface area contributed by atoms with Crippen LogP contribution >= 0.6 is 0 Å². The van der Waals surface area contributed by atoms with E-state index in [2.05, 4.69) is 13.8 Å². The van der Waals surface area contributed by atoms with Crippen LogP contribution in [0, 0.1) is 5.92 Å². The molecule has 20 heavy (non-hydrogen) atoms. The van der Waals surface area contributed by atoms with Crippen molar-refractivity contribution in [3.05, 3.63) is 29.0 Å². The minimum absolute atomic E-state index is 0.0907. The molecular formula is C16H18O4. The molecule has 1 aliphatic carbocycles. The molecule has 106 valence electrons. The molecule has 3 rings (SSSR count). The second-order valence-electron chi connectivity index (χ2n) is 5.66. The molecule has 0 fully saturated rings. The molecule has 1 atom stereocenters. The van der Waals surface area contributed by atoms with E-state index >= 15 is 0 Å². The highest BCUT2D eigenvalue weighted by Crippen LogP contribution is 2.46. The van der Waals surface area contributed by atoms with E-state index in [9.17, 15) is 9.90 Å². The SMILES string of the molecule is COc1ccc2oc(C(=O)O)c3c2c1CCC3C(C)C. The van der Waals surface area contributed by atoms with E-state index in [0.717, 1.165) is 35.1 Å². The maximum Gasteiger partial charge on any atom is 0.372 e. The Bertz CT molecular complexity index is 681. The van der Waals surface area contributed by atoms with Gasteiger partial charge in [-0.1, -0.05) is 13.8 Å². The third kappa shape index (κ3) is 1.71. The molecule has 0 amide bonds. The van der Waals surface area contributed by atoms with Gasteiger partial charge in [0, 0.05) is 16.5 Å². The Hall–Kier alpha value is -1.97. The van der Waals surface area contributed by atoms with Crippen LogP contribution in [0.4, 0.5) is 0 Å². The first-order valence-electron chi connectivity index (χ1n) is 6.90. The van der Waals surface area contributed by atoms with Gasteiger partial charge in [0.25, 0.3) is 0 Å². The Labute approximate surface area is 117 Å². The van der Waals surface area contributed by atoms with Crippen molar-refractivity contribution in [1.82, 2.24) is 0 Å². The lowest BCUT2D eigenvalue weighted by atomic mass is 9.77. The highest BCUT2D eigenvalue weighted by Gasteiger charge is 2.34. The second kappa shape index (κ2) is 4.54. The summed E-state index contributed by atoms with van der Waals surface area (Å²) in [5.74, 6) is 0.524. The summed E-state index contributed by atoms with van der Waals surface area (Å²) in [5.41, 5.74) is 2.58. The quantitative estimate of drug-likeness (QED) is 0.924. The largest absolute Gasteiger partial charge is 0.496 e. The number of hydrogen-bond acceptors (Lipinski definition) is 3.